The van der Waals surface area contributed by atoms with E-state index in [0.717, 1.165) is 27.7 Å². The van der Waals surface area contributed by atoms with Crippen LogP contribution in [0.1, 0.15) is 40.1 Å². The molecule has 0 saturated heterocycles. The molecule has 31 heavy (non-hydrogen) atoms. The van der Waals surface area contributed by atoms with E-state index in [1.807, 2.05) is 36.6 Å². The number of benzene rings is 2. The molecule has 1 atom stereocenters. The highest BCUT2D eigenvalue weighted by molar-refractivity contribution is 6.06. The average Bonchev–Trinajstić information content (AvgIpc) is 3.07. The summed E-state index contributed by atoms with van der Waals surface area (Å²) in [5, 5.41) is 3.99. The monoisotopic (exact) mass is 418 g/mol. The van der Waals surface area contributed by atoms with E-state index in [9.17, 15) is 9.18 Å². The van der Waals surface area contributed by atoms with Crippen LogP contribution in [0.4, 0.5) is 10.2 Å². The molecule has 0 saturated carbocycles. The topological polar surface area (TPSA) is 112 Å². The molecular weight excluding hydrogens is 395 g/mol. The van der Waals surface area contributed by atoms with Crippen molar-refractivity contribution < 1.29 is 9.18 Å². The summed E-state index contributed by atoms with van der Waals surface area (Å²) in [5.74, 6) is 0.208. The number of anilines is 1. The summed E-state index contributed by atoms with van der Waals surface area (Å²) in [5.41, 5.74) is 15.2. The van der Waals surface area contributed by atoms with Gasteiger partial charge in [0, 0.05) is 41.0 Å². The van der Waals surface area contributed by atoms with Gasteiger partial charge in [-0.2, -0.15) is 4.98 Å². The minimum Gasteiger partial charge on any atom is -0.366 e. The fourth-order valence-corrected chi connectivity index (χ4v) is 3.64. The molecule has 2 aromatic heterocycles. The molecule has 0 aliphatic carbocycles. The third-order valence-electron chi connectivity index (χ3n) is 5.14. The van der Waals surface area contributed by atoms with Gasteiger partial charge in [0.1, 0.15) is 11.6 Å². The number of aromatic nitrogens is 3. The molecule has 4 rings (SSSR count). The second-order valence-electron chi connectivity index (χ2n) is 7.47. The zero-order chi connectivity index (χ0) is 22.1. The Bertz CT molecular complexity index is 1280. The lowest BCUT2D eigenvalue weighted by molar-refractivity contribution is 0.100. The standard InChI is InChI=1S/C23H23FN6O/c1-13-9-18-17(21(26)31)7-4-8-20(18)30(13)23-28-12-19(14(2)25)22(29-23)27-11-15-5-3-6-16(24)10-15/h3-10,12,14H,11,25H2,1-2H3,(H2,26,31)(H,27,28,29). The lowest BCUT2D eigenvalue weighted by atomic mass is 10.1. The van der Waals surface area contributed by atoms with Crippen LogP contribution in [0.3, 0.4) is 0 Å². The van der Waals surface area contributed by atoms with Crippen molar-refractivity contribution in [3.8, 4) is 5.95 Å². The number of rotatable bonds is 6. The third kappa shape index (κ3) is 3.97. The number of aryl methyl sites for hydroxylation is 1. The molecule has 0 radical (unpaired) electrons. The van der Waals surface area contributed by atoms with Gasteiger partial charge >= 0.3 is 0 Å². The summed E-state index contributed by atoms with van der Waals surface area (Å²) in [6, 6.07) is 13.3. The Kier molecular flexibility index (Phi) is 5.39. The molecule has 0 aliphatic rings. The van der Waals surface area contributed by atoms with Crippen molar-refractivity contribution >= 4 is 22.6 Å². The quantitative estimate of drug-likeness (QED) is 0.443. The first-order valence-electron chi connectivity index (χ1n) is 9.87. The Hall–Kier alpha value is -3.78. The van der Waals surface area contributed by atoms with Crippen molar-refractivity contribution in [3.05, 3.63) is 82.9 Å². The van der Waals surface area contributed by atoms with Crippen LogP contribution in [0.5, 0.6) is 0 Å². The number of fused-ring (bicyclic) bond motifs is 1. The Morgan fingerprint density at radius 3 is 2.71 bits per heavy atom. The normalized spacial score (nSPS) is 12.1. The number of nitrogens with one attached hydrogen (secondary N) is 1. The van der Waals surface area contributed by atoms with E-state index in [1.54, 1.807) is 24.4 Å². The van der Waals surface area contributed by atoms with E-state index in [-0.39, 0.29) is 11.9 Å². The fraction of sp³-hybridized carbons (Fsp3) is 0.174. The Morgan fingerprint density at radius 1 is 1.23 bits per heavy atom. The summed E-state index contributed by atoms with van der Waals surface area (Å²) in [6.45, 7) is 4.14. The summed E-state index contributed by atoms with van der Waals surface area (Å²) in [6.07, 6.45) is 1.68. The van der Waals surface area contributed by atoms with Crippen LogP contribution in [0.15, 0.2) is 54.7 Å². The SMILES string of the molecule is Cc1cc2c(C(N)=O)cccc2n1-c1ncc(C(C)N)c(NCc2cccc(F)c2)n1. The molecule has 0 bridgehead atoms. The van der Waals surface area contributed by atoms with Crippen LogP contribution >= 0.6 is 0 Å². The molecule has 7 nitrogen and oxygen atoms in total. The van der Waals surface area contributed by atoms with Crippen LogP contribution in [0, 0.1) is 12.7 Å². The number of carbonyl (C=O) groups excluding carboxylic acids is 1. The fourth-order valence-electron chi connectivity index (χ4n) is 3.64. The highest BCUT2D eigenvalue weighted by Crippen LogP contribution is 2.27. The van der Waals surface area contributed by atoms with Gasteiger partial charge in [-0.1, -0.05) is 18.2 Å². The van der Waals surface area contributed by atoms with E-state index in [2.05, 4.69) is 10.3 Å². The lowest BCUT2D eigenvalue weighted by Gasteiger charge is -2.16. The molecule has 2 aromatic carbocycles. The zero-order valence-electron chi connectivity index (χ0n) is 17.3. The molecule has 0 fully saturated rings. The van der Waals surface area contributed by atoms with E-state index in [4.69, 9.17) is 16.5 Å². The molecule has 4 aromatic rings. The largest absolute Gasteiger partial charge is 0.366 e. The van der Waals surface area contributed by atoms with Gasteiger partial charge in [0.05, 0.1) is 5.52 Å². The van der Waals surface area contributed by atoms with Gasteiger partial charge in [-0.15, -0.1) is 0 Å². The zero-order valence-corrected chi connectivity index (χ0v) is 17.3. The van der Waals surface area contributed by atoms with Gasteiger partial charge in [-0.05, 0) is 49.7 Å². The van der Waals surface area contributed by atoms with Crippen LogP contribution in [0.25, 0.3) is 16.9 Å². The molecule has 2 heterocycles. The number of amides is 1. The first-order chi connectivity index (χ1) is 14.8. The highest BCUT2D eigenvalue weighted by Gasteiger charge is 2.17. The second-order valence-corrected chi connectivity index (χ2v) is 7.47. The van der Waals surface area contributed by atoms with Crippen molar-refractivity contribution in [2.24, 2.45) is 11.5 Å². The van der Waals surface area contributed by atoms with Gasteiger partial charge in [0.2, 0.25) is 11.9 Å². The van der Waals surface area contributed by atoms with Crippen LogP contribution in [0.2, 0.25) is 0 Å². The summed E-state index contributed by atoms with van der Waals surface area (Å²) in [4.78, 5) is 21.0. The van der Waals surface area contributed by atoms with Crippen molar-refractivity contribution in [2.75, 3.05) is 5.32 Å². The third-order valence-corrected chi connectivity index (χ3v) is 5.14. The first-order valence-corrected chi connectivity index (χ1v) is 9.87. The molecule has 8 heteroatoms. The van der Waals surface area contributed by atoms with E-state index >= 15 is 0 Å². The predicted octanol–water partition coefficient (Wildman–Crippen LogP) is 3.60. The van der Waals surface area contributed by atoms with Crippen molar-refractivity contribution in [1.29, 1.82) is 0 Å². The van der Waals surface area contributed by atoms with Crippen LogP contribution in [-0.2, 0) is 6.54 Å². The van der Waals surface area contributed by atoms with E-state index in [0.29, 0.717) is 23.9 Å². The van der Waals surface area contributed by atoms with Gasteiger partial charge in [0.25, 0.3) is 0 Å². The summed E-state index contributed by atoms with van der Waals surface area (Å²) >= 11 is 0. The maximum atomic E-state index is 13.5. The summed E-state index contributed by atoms with van der Waals surface area (Å²) in [7, 11) is 0. The number of primary amides is 1. The smallest absolute Gasteiger partial charge is 0.249 e. The number of carbonyl (C=O) groups is 1. The molecule has 158 valence electrons. The van der Waals surface area contributed by atoms with Crippen LogP contribution < -0.4 is 16.8 Å². The highest BCUT2D eigenvalue weighted by atomic mass is 19.1. The first kappa shape index (κ1) is 20.5. The number of hydrogen-bond acceptors (Lipinski definition) is 5. The van der Waals surface area contributed by atoms with E-state index in [1.165, 1.54) is 12.1 Å². The Morgan fingerprint density at radius 2 is 2.00 bits per heavy atom. The molecule has 5 N–H and O–H groups in total. The maximum Gasteiger partial charge on any atom is 0.249 e. The number of hydrogen-bond donors (Lipinski definition) is 3. The lowest BCUT2D eigenvalue weighted by Crippen LogP contribution is -2.15. The van der Waals surface area contributed by atoms with E-state index < -0.39 is 5.91 Å². The average molecular weight is 418 g/mol. The second kappa shape index (κ2) is 8.16. The predicted molar refractivity (Wildman–Crippen MR) is 118 cm³/mol. The van der Waals surface area contributed by atoms with Crippen LogP contribution in [-0.4, -0.2) is 20.4 Å². The molecular formula is C23H23FN6O. The number of nitrogens with zero attached hydrogens (tertiary/aromatic N) is 3. The molecule has 0 spiro atoms. The Labute approximate surface area is 178 Å². The minimum atomic E-state index is -0.492. The number of halogens is 1. The van der Waals surface area contributed by atoms with Crippen molar-refractivity contribution in [2.45, 2.75) is 26.4 Å². The number of nitrogens with two attached hydrogens (primary N) is 2. The molecule has 0 aliphatic heterocycles. The Balaban J connectivity index is 1.78. The maximum absolute atomic E-state index is 13.5. The minimum absolute atomic E-state index is 0.296. The van der Waals surface area contributed by atoms with Gasteiger partial charge < -0.3 is 16.8 Å². The van der Waals surface area contributed by atoms with Gasteiger partial charge in [-0.25, -0.2) is 9.37 Å². The molecule has 1 amide bonds. The summed E-state index contributed by atoms with van der Waals surface area (Å²) < 4.78 is 15.4. The van der Waals surface area contributed by atoms with Crippen molar-refractivity contribution in [1.82, 2.24) is 14.5 Å². The van der Waals surface area contributed by atoms with Gasteiger partial charge in [-0.3, -0.25) is 9.36 Å². The molecule has 1 unspecified atom stereocenters. The van der Waals surface area contributed by atoms with Gasteiger partial charge in [0.15, 0.2) is 0 Å². The van der Waals surface area contributed by atoms with Crippen molar-refractivity contribution in [3.63, 3.8) is 0 Å².